The molecule has 1 saturated carbocycles. The van der Waals surface area contributed by atoms with Crippen LogP contribution in [0.2, 0.25) is 0 Å². The van der Waals surface area contributed by atoms with Gasteiger partial charge >= 0.3 is 0 Å². The van der Waals surface area contributed by atoms with Crippen LogP contribution in [-0.2, 0) is 16.8 Å². The first-order chi connectivity index (χ1) is 10.0. The zero-order valence-corrected chi connectivity index (χ0v) is 12.3. The molecule has 1 aromatic carbocycles. The zero-order valence-electron chi connectivity index (χ0n) is 12.3. The molecule has 0 unspecified atom stereocenters. The number of hydrogen-bond acceptors (Lipinski definition) is 4. The second kappa shape index (κ2) is 4.91. The minimum absolute atomic E-state index is 0.0285. The number of nitrogens with one attached hydrogen (secondary N) is 1. The van der Waals surface area contributed by atoms with Gasteiger partial charge in [0.25, 0.3) is 0 Å². The third-order valence-corrected chi connectivity index (χ3v) is 4.12. The average molecular weight is 285 g/mol. The largest absolute Gasteiger partial charge is 0.444 e. The summed E-state index contributed by atoms with van der Waals surface area (Å²) in [4.78, 5) is 16.7. The van der Waals surface area contributed by atoms with Crippen LogP contribution in [0.25, 0.3) is 0 Å². The van der Waals surface area contributed by atoms with Gasteiger partial charge in [-0.1, -0.05) is 12.1 Å². The zero-order chi connectivity index (χ0) is 15.0. The fourth-order valence-corrected chi connectivity index (χ4v) is 2.51. The minimum atomic E-state index is -0.398. The molecule has 21 heavy (non-hydrogen) atoms. The van der Waals surface area contributed by atoms with E-state index in [2.05, 4.69) is 10.3 Å². The maximum Gasteiger partial charge on any atom is 0.231 e. The number of aryl methyl sites for hydroxylation is 2. The molecule has 0 aliphatic heterocycles. The van der Waals surface area contributed by atoms with E-state index in [1.54, 1.807) is 0 Å². The van der Waals surface area contributed by atoms with Crippen molar-refractivity contribution in [2.75, 3.05) is 5.73 Å². The van der Waals surface area contributed by atoms with Gasteiger partial charge in [0.2, 0.25) is 11.8 Å². The van der Waals surface area contributed by atoms with E-state index in [9.17, 15) is 4.79 Å². The van der Waals surface area contributed by atoms with Crippen molar-refractivity contribution in [3.63, 3.8) is 0 Å². The van der Waals surface area contributed by atoms with Crippen LogP contribution in [-0.4, -0.2) is 10.9 Å². The van der Waals surface area contributed by atoms with Gasteiger partial charge in [-0.05, 0) is 44.4 Å². The molecule has 1 aliphatic carbocycles. The lowest BCUT2D eigenvalue weighted by molar-refractivity contribution is -0.123. The van der Waals surface area contributed by atoms with E-state index in [0.717, 1.165) is 29.9 Å². The molecule has 5 nitrogen and oxygen atoms in total. The van der Waals surface area contributed by atoms with Gasteiger partial charge < -0.3 is 15.5 Å². The van der Waals surface area contributed by atoms with Crippen LogP contribution in [0.3, 0.4) is 0 Å². The van der Waals surface area contributed by atoms with Gasteiger partial charge in [0.05, 0.1) is 17.7 Å². The predicted octanol–water partition coefficient (Wildman–Crippen LogP) is 2.22. The van der Waals surface area contributed by atoms with Crippen molar-refractivity contribution >= 4 is 11.6 Å². The van der Waals surface area contributed by atoms with Gasteiger partial charge in [0.15, 0.2) is 0 Å². The minimum Gasteiger partial charge on any atom is -0.444 e. The van der Waals surface area contributed by atoms with E-state index >= 15 is 0 Å². The molecule has 2 aromatic rings. The summed E-state index contributed by atoms with van der Waals surface area (Å²) >= 11 is 0. The monoisotopic (exact) mass is 285 g/mol. The van der Waals surface area contributed by atoms with Crippen LogP contribution < -0.4 is 11.1 Å². The highest BCUT2D eigenvalue weighted by Crippen LogP contribution is 2.48. The summed E-state index contributed by atoms with van der Waals surface area (Å²) in [6, 6.07) is 7.54. The first-order valence-corrected chi connectivity index (χ1v) is 7.08. The summed E-state index contributed by atoms with van der Waals surface area (Å²) in [5.41, 5.74) is 7.89. The van der Waals surface area contributed by atoms with Crippen molar-refractivity contribution in [3.05, 3.63) is 47.2 Å². The van der Waals surface area contributed by atoms with Crippen LogP contribution in [0.1, 0.15) is 35.7 Å². The first kappa shape index (κ1) is 13.7. The van der Waals surface area contributed by atoms with Gasteiger partial charge in [-0.3, -0.25) is 4.79 Å². The summed E-state index contributed by atoms with van der Waals surface area (Å²) < 4.78 is 5.48. The Kier molecular flexibility index (Phi) is 3.20. The Bertz CT molecular complexity index is 650. The summed E-state index contributed by atoms with van der Waals surface area (Å²) in [5.74, 6) is 1.37. The molecule has 1 fully saturated rings. The fraction of sp³-hybridized carbons (Fsp3) is 0.375. The fourth-order valence-electron chi connectivity index (χ4n) is 2.51. The number of nitrogens with two attached hydrogens (primary N) is 1. The molecule has 3 rings (SSSR count). The van der Waals surface area contributed by atoms with Gasteiger partial charge in [-0.2, -0.15) is 0 Å². The quantitative estimate of drug-likeness (QED) is 0.844. The van der Waals surface area contributed by atoms with E-state index in [1.807, 2.05) is 38.1 Å². The maximum absolute atomic E-state index is 12.5. The number of nitrogen functional groups attached to an aromatic ring is 1. The number of benzene rings is 1. The number of hydrogen-bond donors (Lipinski definition) is 2. The highest BCUT2D eigenvalue weighted by atomic mass is 16.4. The number of aromatic nitrogens is 1. The maximum atomic E-state index is 12.5. The van der Waals surface area contributed by atoms with Crippen molar-refractivity contribution < 1.29 is 9.21 Å². The Hall–Kier alpha value is -2.30. The van der Waals surface area contributed by atoms with Crippen molar-refractivity contribution in [3.8, 4) is 0 Å². The van der Waals surface area contributed by atoms with Crippen LogP contribution >= 0.6 is 0 Å². The molecule has 0 radical (unpaired) electrons. The van der Waals surface area contributed by atoms with Crippen molar-refractivity contribution in [1.29, 1.82) is 0 Å². The molecular formula is C16H19N3O2. The number of nitrogens with zero attached hydrogens (tertiary/aromatic N) is 1. The molecule has 3 N–H and O–H groups in total. The number of anilines is 1. The number of amides is 1. The van der Waals surface area contributed by atoms with Crippen LogP contribution in [0.15, 0.2) is 28.7 Å². The smallest absolute Gasteiger partial charge is 0.231 e. The second-order valence-electron chi connectivity index (χ2n) is 5.64. The molecule has 110 valence electrons. The first-order valence-electron chi connectivity index (χ1n) is 7.08. The summed E-state index contributed by atoms with van der Waals surface area (Å²) in [6.07, 6.45) is 1.73. The Morgan fingerprint density at radius 2 is 2.00 bits per heavy atom. The molecule has 0 atom stereocenters. The molecule has 1 aromatic heterocycles. The highest BCUT2D eigenvalue weighted by molar-refractivity contribution is 5.91. The number of carbonyl (C=O) groups excluding carboxylic acids is 1. The molecule has 1 heterocycles. The van der Waals surface area contributed by atoms with E-state index in [-0.39, 0.29) is 5.91 Å². The van der Waals surface area contributed by atoms with Crippen LogP contribution in [0, 0.1) is 13.8 Å². The number of rotatable bonds is 4. The molecule has 0 spiro atoms. The SMILES string of the molecule is Cc1nc(CNC(=O)C2(c3ccc(N)cc3)CC2)oc1C. The second-order valence-corrected chi connectivity index (χ2v) is 5.64. The normalized spacial score (nSPS) is 15.7. The molecule has 1 aliphatic rings. The van der Waals surface area contributed by atoms with E-state index in [4.69, 9.17) is 10.2 Å². The Balaban J connectivity index is 1.69. The topological polar surface area (TPSA) is 81.2 Å². The standard InChI is InChI=1S/C16H19N3O2/c1-10-11(2)21-14(19-10)9-18-15(20)16(7-8-16)12-3-5-13(17)6-4-12/h3-6H,7-9,17H2,1-2H3,(H,18,20). The van der Waals surface area contributed by atoms with Crippen LogP contribution in [0.4, 0.5) is 5.69 Å². The molecular weight excluding hydrogens is 266 g/mol. The summed E-state index contributed by atoms with van der Waals surface area (Å²) in [6.45, 7) is 4.08. The Morgan fingerprint density at radius 1 is 1.33 bits per heavy atom. The van der Waals surface area contributed by atoms with Gasteiger partial charge in [0, 0.05) is 5.69 Å². The lowest BCUT2D eigenvalue weighted by atomic mass is 9.95. The Morgan fingerprint density at radius 3 is 2.52 bits per heavy atom. The molecule has 0 saturated heterocycles. The van der Waals surface area contributed by atoms with Gasteiger partial charge in [-0.25, -0.2) is 4.98 Å². The summed E-state index contributed by atoms with van der Waals surface area (Å²) in [5, 5.41) is 2.93. The number of oxazole rings is 1. The predicted molar refractivity (Wildman–Crippen MR) is 79.6 cm³/mol. The van der Waals surface area contributed by atoms with Gasteiger partial charge in [0.1, 0.15) is 5.76 Å². The van der Waals surface area contributed by atoms with Crippen molar-refractivity contribution in [1.82, 2.24) is 10.3 Å². The third kappa shape index (κ3) is 2.51. The molecule has 1 amide bonds. The third-order valence-electron chi connectivity index (χ3n) is 4.12. The number of carbonyl (C=O) groups is 1. The summed E-state index contributed by atoms with van der Waals surface area (Å²) in [7, 11) is 0. The van der Waals surface area contributed by atoms with Crippen molar-refractivity contribution in [2.45, 2.75) is 38.6 Å². The van der Waals surface area contributed by atoms with E-state index in [1.165, 1.54) is 0 Å². The van der Waals surface area contributed by atoms with Crippen LogP contribution in [0.5, 0.6) is 0 Å². The molecule has 5 heteroatoms. The van der Waals surface area contributed by atoms with E-state index < -0.39 is 5.41 Å². The highest BCUT2D eigenvalue weighted by Gasteiger charge is 2.51. The molecule has 0 bridgehead atoms. The Labute approximate surface area is 123 Å². The van der Waals surface area contributed by atoms with Gasteiger partial charge in [-0.15, -0.1) is 0 Å². The van der Waals surface area contributed by atoms with Crippen molar-refractivity contribution in [2.24, 2.45) is 0 Å². The van der Waals surface area contributed by atoms with E-state index in [0.29, 0.717) is 18.1 Å². The lowest BCUT2D eigenvalue weighted by Gasteiger charge is -2.15. The lowest BCUT2D eigenvalue weighted by Crippen LogP contribution is -2.34. The average Bonchev–Trinajstić information content (AvgIpc) is 3.20.